The molecule has 3 aromatic carbocycles. The zero-order chi connectivity index (χ0) is 21.3. The standard InChI is InChI=1S/C30H25N2/c1-3-11-23(12-4-1)21-31-22-32-28(27-18-9-16-24-13-7-8-17-26(24)27)19-10-20-29(32)30(31)25-14-5-2-6-15-25/h1-12,14-20,22,30H,13,21H2/q+1/b28-27+. The first-order chi connectivity index (χ1) is 15.9. The van der Waals surface area contributed by atoms with Crippen LogP contribution in [-0.2, 0) is 13.0 Å². The van der Waals surface area contributed by atoms with Gasteiger partial charge >= 0.3 is 0 Å². The first-order valence-corrected chi connectivity index (χ1v) is 11.2. The van der Waals surface area contributed by atoms with Gasteiger partial charge in [0.15, 0.2) is 11.7 Å². The Labute approximate surface area is 188 Å². The van der Waals surface area contributed by atoms with Gasteiger partial charge in [0.25, 0.3) is 0 Å². The van der Waals surface area contributed by atoms with Crippen LogP contribution in [-0.4, -0.2) is 4.90 Å². The van der Waals surface area contributed by atoms with Crippen molar-refractivity contribution in [2.24, 2.45) is 0 Å². The van der Waals surface area contributed by atoms with E-state index in [0.717, 1.165) is 13.0 Å². The zero-order valence-corrected chi connectivity index (χ0v) is 17.9. The normalized spacial score (nSPS) is 17.2. The Balaban J connectivity index is 1.63. The molecule has 6 rings (SSSR count). The second-order valence-electron chi connectivity index (χ2n) is 8.47. The van der Waals surface area contributed by atoms with E-state index in [9.17, 15) is 0 Å². The Morgan fingerprint density at radius 1 is 0.781 bits per heavy atom. The fraction of sp³-hybridized carbons (Fsp3) is 0.100. The summed E-state index contributed by atoms with van der Waals surface area (Å²) in [7, 11) is 0. The summed E-state index contributed by atoms with van der Waals surface area (Å²) >= 11 is 0. The number of fused-ring (bicyclic) bond motifs is 2. The average molecular weight is 414 g/mol. The molecule has 0 amide bonds. The van der Waals surface area contributed by atoms with Gasteiger partial charge in [0, 0.05) is 10.8 Å². The molecule has 1 atom stereocenters. The van der Waals surface area contributed by atoms with E-state index in [1.54, 1.807) is 0 Å². The van der Waals surface area contributed by atoms with Crippen molar-refractivity contribution >= 4 is 6.08 Å². The van der Waals surface area contributed by atoms with Gasteiger partial charge in [-0.3, -0.25) is 0 Å². The molecule has 0 N–H and O–H groups in total. The van der Waals surface area contributed by atoms with Crippen molar-refractivity contribution < 1.29 is 4.24 Å². The lowest BCUT2D eigenvalue weighted by Gasteiger charge is -2.18. The van der Waals surface area contributed by atoms with Crippen molar-refractivity contribution in [1.29, 1.82) is 0 Å². The Hall–Kier alpha value is -3.91. The number of rotatable bonds is 3. The molecule has 1 aliphatic heterocycles. The van der Waals surface area contributed by atoms with Crippen LogP contribution in [0.5, 0.6) is 0 Å². The van der Waals surface area contributed by atoms with E-state index in [-0.39, 0.29) is 6.04 Å². The minimum atomic E-state index is 0.180. The van der Waals surface area contributed by atoms with Gasteiger partial charge in [0.05, 0.1) is 0 Å². The van der Waals surface area contributed by atoms with Gasteiger partial charge in [0.1, 0.15) is 11.9 Å². The highest BCUT2D eigenvalue weighted by atomic mass is 15.2. The van der Waals surface area contributed by atoms with Crippen molar-refractivity contribution in [1.82, 2.24) is 4.90 Å². The average Bonchev–Trinajstić information content (AvgIpc) is 3.23. The lowest BCUT2D eigenvalue weighted by molar-refractivity contribution is -0.525. The lowest BCUT2D eigenvalue weighted by atomic mass is 10.0. The van der Waals surface area contributed by atoms with Crippen LogP contribution in [0, 0.1) is 16.9 Å². The number of hydrogen-bond donors (Lipinski definition) is 0. The summed E-state index contributed by atoms with van der Waals surface area (Å²) in [6.45, 7) is 0.864. The number of benzene rings is 3. The van der Waals surface area contributed by atoms with Gasteiger partial charge in [-0.1, -0.05) is 103 Å². The summed E-state index contributed by atoms with van der Waals surface area (Å²) < 4.78 is 2.39. The van der Waals surface area contributed by atoms with Crippen LogP contribution in [0.3, 0.4) is 0 Å². The second-order valence-corrected chi connectivity index (χ2v) is 8.47. The molecular weight excluding hydrogens is 388 g/mol. The minimum absolute atomic E-state index is 0.180. The van der Waals surface area contributed by atoms with Crippen LogP contribution in [0.4, 0.5) is 0 Å². The van der Waals surface area contributed by atoms with Gasteiger partial charge < -0.3 is 0 Å². The van der Waals surface area contributed by atoms with E-state index in [4.69, 9.17) is 0 Å². The molecule has 4 aromatic rings. The van der Waals surface area contributed by atoms with Crippen molar-refractivity contribution in [3.05, 3.63) is 154 Å². The van der Waals surface area contributed by atoms with Crippen molar-refractivity contribution in [3.63, 3.8) is 0 Å². The first kappa shape index (κ1) is 18.8. The predicted octanol–water partition coefficient (Wildman–Crippen LogP) is 4.73. The molecule has 0 spiro atoms. The van der Waals surface area contributed by atoms with E-state index in [2.05, 4.69) is 131 Å². The summed E-state index contributed by atoms with van der Waals surface area (Å²) in [6.07, 6.45) is 9.95. The van der Waals surface area contributed by atoms with Gasteiger partial charge in [-0.2, -0.15) is 4.24 Å². The summed E-state index contributed by atoms with van der Waals surface area (Å²) in [6, 6.07) is 35.1. The predicted molar refractivity (Wildman–Crippen MR) is 128 cm³/mol. The smallest absolute Gasteiger partial charge is 0.245 e. The number of nitrogens with zero attached hydrogens (tertiary/aromatic N) is 2. The monoisotopic (exact) mass is 413 g/mol. The highest BCUT2D eigenvalue weighted by molar-refractivity contribution is 5.45. The third-order valence-electron chi connectivity index (χ3n) is 6.47. The van der Waals surface area contributed by atoms with E-state index < -0.39 is 0 Å². The third-order valence-corrected chi connectivity index (χ3v) is 6.47. The quantitative estimate of drug-likeness (QED) is 0.441. The van der Waals surface area contributed by atoms with Crippen LogP contribution < -0.4 is 9.46 Å². The Morgan fingerprint density at radius 2 is 1.56 bits per heavy atom. The minimum Gasteiger partial charge on any atom is -0.249 e. The Kier molecular flexibility index (Phi) is 4.69. The highest BCUT2D eigenvalue weighted by Crippen LogP contribution is 2.30. The summed E-state index contributed by atoms with van der Waals surface area (Å²) in [4.78, 5) is 2.46. The van der Waals surface area contributed by atoms with Gasteiger partial charge in [-0.25, -0.2) is 4.90 Å². The summed E-state index contributed by atoms with van der Waals surface area (Å²) in [5.74, 6) is 0. The van der Waals surface area contributed by atoms with Gasteiger partial charge in [-0.05, 0) is 34.9 Å². The molecule has 1 aliphatic carbocycles. The molecule has 2 heterocycles. The third kappa shape index (κ3) is 3.25. The fourth-order valence-corrected chi connectivity index (χ4v) is 4.99. The van der Waals surface area contributed by atoms with Crippen LogP contribution >= 0.6 is 0 Å². The second kappa shape index (κ2) is 7.97. The number of allylic oxidation sites excluding steroid dienone is 2. The van der Waals surface area contributed by atoms with Crippen LogP contribution in [0.1, 0.15) is 28.4 Å². The summed E-state index contributed by atoms with van der Waals surface area (Å²) in [5.41, 5.74) is 5.32. The molecule has 0 saturated carbocycles. The number of hydrogen-bond acceptors (Lipinski definition) is 1. The molecule has 154 valence electrons. The van der Waals surface area contributed by atoms with Crippen molar-refractivity contribution in [2.45, 2.75) is 19.0 Å². The molecule has 0 radical (unpaired) electrons. The molecule has 2 aliphatic rings. The van der Waals surface area contributed by atoms with Gasteiger partial charge in [-0.15, -0.1) is 0 Å². The fourth-order valence-electron chi connectivity index (χ4n) is 4.99. The molecule has 0 saturated heterocycles. The van der Waals surface area contributed by atoms with Crippen LogP contribution in [0.25, 0.3) is 6.08 Å². The van der Waals surface area contributed by atoms with E-state index >= 15 is 0 Å². The number of pyridine rings is 1. The van der Waals surface area contributed by atoms with E-state index in [0.29, 0.717) is 0 Å². The maximum Gasteiger partial charge on any atom is 0.245 e. The zero-order valence-electron chi connectivity index (χ0n) is 17.9. The highest BCUT2D eigenvalue weighted by Gasteiger charge is 2.34. The molecule has 0 fully saturated rings. The SMILES string of the molecule is C1=CCc2ccc/c(=c3/cccc4[n+]3=CN(Cc3ccccc3)C4c3ccccc3)c2=C1. The maximum atomic E-state index is 2.46. The first-order valence-electron chi connectivity index (χ1n) is 11.2. The lowest BCUT2D eigenvalue weighted by Crippen LogP contribution is -2.24. The molecule has 1 unspecified atom stereocenters. The summed E-state index contributed by atoms with van der Waals surface area (Å²) in [5, 5.41) is 3.86. The van der Waals surface area contributed by atoms with Crippen LogP contribution in [0.15, 0.2) is 109 Å². The molecule has 2 heteroatoms. The number of aromatic nitrogens is 1. The van der Waals surface area contributed by atoms with E-state index in [1.807, 2.05) is 0 Å². The Morgan fingerprint density at radius 3 is 2.41 bits per heavy atom. The molecular formula is C30H25N2+. The van der Waals surface area contributed by atoms with Crippen molar-refractivity contribution in [3.8, 4) is 0 Å². The molecule has 2 nitrogen and oxygen atoms in total. The topological polar surface area (TPSA) is 9.14 Å². The van der Waals surface area contributed by atoms with E-state index in [1.165, 1.54) is 38.2 Å². The maximum absolute atomic E-state index is 2.46. The molecule has 0 bridgehead atoms. The molecule has 1 aromatic heterocycles. The van der Waals surface area contributed by atoms with Crippen LogP contribution in [0.2, 0.25) is 0 Å². The van der Waals surface area contributed by atoms with Gasteiger partial charge in [0.2, 0.25) is 6.34 Å². The molecule has 32 heavy (non-hydrogen) atoms. The largest absolute Gasteiger partial charge is 0.249 e. The van der Waals surface area contributed by atoms with Crippen molar-refractivity contribution in [2.75, 3.05) is 0 Å². The Bertz CT molecular complexity index is 1520.